The summed E-state index contributed by atoms with van der Waals surface area (Å²) < 4.78 is 43.2. The maximum absolute atomic E-state index is 12.7. The van der Waals surface area contributed by atoms with E-state index in [0.29, 0.717) is 4.57 Å². The molecule has 0 amide bonds. The van der Waals surface area contributed by atoms with Crippen molar-refractivity contribution >= 4 is 11.8 Å². The topological polar surface area (TPSA) is 65.4 Å². The van der Waals surface area contributed by atoms with Gasteiger partial charge in [0.25, 0.3) is 5.56 Å². The molecule has 0 unspecified atom stereocenters. The minimum atomic E-state index is -4.73. The molecule has 0 saturated carbocycles. The Morgan fingerprint density at radius 3 is 2.48 bits per heavy atom. The summed E-state index contributed by atoms with van der Waals surface area (Å²) in [7, 11) is 0. The summed E-state index contributed by atoms with van der Waals surface area (Å²) in [6.45, 7) is 1.02. The first kappa shape index (κ1) is 16.9. The van der Waals surface area contributed by atoms with Crippen molar-refractivity contribution in [1.29, 1.82) is 0 Å². The molecule has 0 fully saturated rings. The molecule has 0 aliphatic rings. The lowest BCUT2D eigenvalue weighted by atomic mass is 10.2. The molecule has 8 heteroatoms. The van der Waals surface area contributed by atoms with Crippen molar-refractivity contribution in [2.45, 2.75) is 32.5 Å². The average Bonchev–Trinajstić information content (AvgIpc) is 2.38. The minimum absolute atomic E-state index is 0.156. The average molecular weight is 305 g/mol. The summed E-state index contributed by atoms with van der Waals surface area (Å²) in [6, 6.07) is 2.64. The minimum Gasteiger partial charge on any atom is -0.466 e. The lowest BCUT2D eigenvalue weighted by molar-refractivity contribution is -0.146. The zero-order valence-corrected chi connectivity index (χ0v) is 11.3. The first-order chi connectivity index (χ1) is 9.75. The van der Waals surface area contributed by atoms with Gasteiger partial charge in [0.1, 0.15) is 5.69 Å². The molecule has 1 rings (SSSR count). The van der Waals surface area contributed by atoms with Gasteiger partial charge in [0.2, 0.25) is 0 Å². The Bertz CT molecular complexity index is 578. The SMILES string of the molecule is CCOC(=O)CCC(=O)Cn1c(C(F)(F)F)cccc1=O. The van der Waals surface area contributed by atoms with Crippen LogP contribution in [0.5, 0.6) is 0 Å². The highest BCUT2D eigenvalue weighted by Crippen LogP contribution is 2.28. The Hall–Kier alpha value is -2.12. The van der Waals surface area contributed by atoms with Gasteiger partial charge in [0.15, 0.2) is 5.78 Å². The van der Waals surface area contributed by atoms with E-state index in [2.05, 4.69) is 4.74 Å². The second-order valence-electron chi connectivity index (χ2n) is 4.18. The summed E-state index contributed by atoms with van der Waals surface area (Å²) in [5.41, 5.74) is -2.12. The number of alkyl halides is 3. The molecule has 1 heterocycles. The Labute approximate surface area is 118 Å². The summed E-state index contributed by atoms with van der Waals surface area (Å²) >= 11 is 0. The molecule has 0 aromatic carbocycles. The van der Waals surface area contributed by atoms with Crippen molar-refractivity contribution in [2.24, 2.45) is 0 Å². The van der Waals surface area contributed by atoms with Crippen molar-refractivity contribution in [3.05, 3.63) is 34.2 Å². The van der Waals surface area contributed by atoms with Gasteiger partial charge in [-0.2, -0.15) is 13.2 Å². The van der Waals surface area contributed by atoms with Crippen LogP contribution in [0.2, 0.25) is 0 Å². The van der Waals surface area contributed by atoms with Gasteiger partial charge < -0.3 is 4.74 Å². The maximum atomic E-state index is 12.7. The summed E-state index contributed by atoms with van der Waals surface area (Å²) in [5, 5.41) is 0. The normalized spacial score (nSPS) is 11.2. The number of aromatic nitrogens is 1. The number of ether oxygens (including phenoxy) is 1. The second-order valence-corrected chi connectivity index (χ2v) is 4.18. The van der Waals surface area contributed by atoms with Crippen LogP contribution in [-0.2, 0) is 27.0 Å². The maximum Gasteiger partial charge on any atom is 0.431 e. The number of halogens is 3. The van der Waals surface area contributed by atoms with Crippen molar-refractivity contribution in [2.75, 3.05) is 6.61 Å². The van der Waals surface area contributed by atoms with E-state index in [4.69, 9.17) is 0 Å². The smallest absolute Gasteiger partial charge is 0.431 e. The quantitative estimate of drug-likeness (QED) is 0.751. The van der Waals surface area contributed by atoms with Gasteiger partial charge in [0, 0.05) is 12.5 Å². The van der Waals surface area contributed by atoms with Crippen LogP contribution in [0.1, 0.15) is 25.5 Å². The molecule has 0 radical (unpaired) electrons. The zero-order chi connectivity index (χ0) is 16.0. The number of esters is 1. The Balaban J connectivity index is 2.81. The lowest BCUT2D eigenvalue weighted by Gasteiger charge is -2.14. The van der Waals surface area contributed by atoms with Gasteiger partial charge in [-0.25, -0.2) is 0 Å². The van der Waals surface area contributed by atoms with Crippen LogP contribution in [0.3, 0.4) is 0 Å². The molecule has 0 bridgehead atoms. The highest BCUT2D eigenvalue weighted by atomic mass is 19.4. The monoisotopic (exact) mass is 305 g/mol. The van der Waals surface area contributed by atoms with E-state index >= 15 is 0 Å². The highest BCUT2D eigenvalue weighted by molar-refractivity contribution is 5.82. The van der Waals surface area contributed by atoms with Crippen molar-refractivity contribution in [1.82, 2.24) is 4.57 Å². The Morgan fingerprint density at radius 1 is 1.24 bits per heavy atom. The van der Waals surface area contributed by atoms with Crippen LogP contribution in [0.15, 0.2) is 23.0 Å². The number of hydrogen-bond donors (Lipinski definition) is 0. The van der Waals surface area contributed by atoms with Gasteiger partial charge in [0.05, 0.1) is 19.6 Å². The van der Waals surface area contributed by atoms with Crippen molar-refractivity contribution < 1.29 is 27.5 Å². The molecule has 1 aromatic heterocycles. The number of nitrogens with zero attached hydrogens (tertiary/aromatic N) is 1. The van der Waals surface area contributed by atoms with Crippen LogP contribution in [0.25, 0.3) is 0 Å². The molecule has 0 spiro atoms. The van der Waals surface area contributed by atoms with Crippen molar-refractivity contribution in [3.63, 3.8) is 0 Å². The summed E-state index contributed by atoms with van der Waals surface area (Å²) in [6.07, 6.45) is -5.24. The number of Topliss-reactive ketones (excluding diaryl/α,β-unsaturated/α-hetero) is 1. The predicted molar refractivity (Wildman–Crippen MR) is 66.6 cm³/mol. The first-order valence-electron chi connectivity index (χ1n) is 6.20. The number of hydrogen-bond acceptors (Lipinski definition) is 4. The standard InChI is InChI=1S/C13H14F3NO4/c1-2-21-12(20)7-6-9(18)8-17-10(13(14,15)16)4-3-5-11(17)19/h3-5H,2,6-8H2,1H3. The molecule has 1 aromatic rings. The third-order valence-corrected chi connectivity index (χ3v) is 2.59. The molecule has 0 N–H and O–H groups in total. The Kier molecular flexibility index (Phi) is 5.69. The fourth-order valence-corrected chi connectivity index (χ4v) is 1.66. The van der Waals surface area contributed by atoms with E-state index in [9.17, 15) is 27.6 Å². The number of pyridine rings is 1. The van der Waals surface area contributed by atoms with Gasteiger partial charge >= 0.3 is 12.1 Å². The van der Waals surface area contributed by atoms with E-state index in [1.165, 1.54) is 0 Å². The number of carbonyl (C=O) groups excluding carboxylic acids is 2. The summed E-state index contributed by atoms with van der Waals surface area (Å²) in [5.74, 6) is -1.26. The third-order valence-electron chi connectivity index (χ3n) is 2.59. The molecule has 0 aliphatic carbocycles. The van der Waals surface area contributed by atoms with E-state index in [-0.39, 0.29) is 19.4 Å². The van der Waals surface area contributed by atoms with E-state index < -0.39 is 35.7 Å². The van der Waals surface area contributed by atoms with E-state index in [1.54, 1.807) is 6.92 Å². The number of rotatable bonds is 6. The van der Waals surface area contributed by atoms with Gasteiger partial charge in [-0.15, -0.1) is 0 Å². The molecule has 0 atom stereocenters. The van der Waals surface area contributed by atoms with Crippen molar-refractivity contribution in [3.8, 4) is 0 Å². The molecular weight excluding hydrogens is 291 g/mol. The second kappa shape index (κ2) is 7.05. The largest absolute Gasteiger partial charge is 0.466 e. The number of ketones is 1. The fourth-order valence-electron chi connectivity index (χ4n) is 1.66. The molecule has 116 valence electrons. The first-order valence-corrected chi connectivity index (χ1v) is 6.20. The van der Waals surface area contributed by atoms with E-state index in [1.807, 2.05) is 0 Å². The van der Waals surface area contributed by atoms with Crippen LogP contribution in [-0.4, -0.2) is 22.9 Å². The van der Waals surface area contributed by atoms with Gasteiger partial charge in [-0.3, -0.25) is 19.0 Å². The van der Waals surface area contributed by atoms with Crippen LogP contribution in [0, 0.1) is 0 Å². The van der Waals surface area contributed by atoms with E-state index in [0.717, 1.165) is 18.2 Å². The van der Waals surface area contributed by atoms with Crippen LogP contribution >= 0.6 is 0 Å². The highest BCUT2D eigenvalue weighted by Gasteiger charge is 2.34. The van der Waals surface area contributed by atoms with Crippen LogP contribution < -0.4 is 5.56 Å². The predicted octanol–water partition coefficient (Wildman–Crippen LogP) is 1.78. The Morgan fingerprint density at radius 2 is 1.90 bits per heavy atom. The molecule has 0 saturated heterocycles. The van der Waals surface area contributed by atoms with Gasteiger partial charge in [-0.05, 0) is 13.0 Å². The molecule has 0 aliphatic heterocycles. The molecule has 5 nitrogen and oxygen atoms in total. The fraction of sp³-hybridized carbons (Fsp3) is 0.462. The van der Waals surface area contributed by atoms with Crippen LogP contribution in [0.4, 0.5) is 13.2 Å². The zero-order valence-electron chi connectivity index (χ0n) is 11.3. The van der Waals surface area contributed by atoms with Gasteiger partial charge in [-0.1, -0.05) is 6.07 Å². The molecule has 21 heavy (non-hydrogen) atoms. The molecular formula is C13H14F3NO4. The summed E-state index contributed by atoms with van der Waals surface area (Å²) in [4.78, 5) is 34.2. The third kappa shape index (κ3) is 5.05. The lowest BCUT2D eigenvalue weighted by Crippen LogP contribution is -2.30. The number of carbonyl (C=O) groups is 2.